The lowest BCUT2D eigenvalue weighted by atomic mass is 9.66. The van der Waals surface area contributed by atoms with E-state index in [1.807, 2.05) is 0 Å². The van der Waals surface area contributed by atoms with Gasteiger partial charge in [0.15, 0.2) is 12.1 Å². The molecule has 2 heterocycles. The summed E-state index contributed by atoms with van der Waals surface area (Å²) in [6.07, 6.45) is -2.11. The molecule has 1 saturated heterocycles. The second kappa shape index (κ2) is 13.6. The maximum absolute atomic E-state index is 14.0. The molecule has 51 heavy (non-hydrogen) atoms. The van der Waals surface area contributed by atoms with Crippen molar-refractivity contribution in [3.63, 3.8) is 0 Å². The van der Waals surface area contributed by atoms with Crippen LogP contribution in [0.25, 0.3) is 0 Å². The molecule has 6 rings (SSSR count). The number of carbonyl (C=O) groups excluding carboxylic acids is 5. The van der Waals surface area contributed by atoms with Crippen molar-refractivity contribution >= 4 is 35.0 Å². The molecule has 2 aliphatic carbocycles. The van der Waals surface area contributed by atoms with E-state index in [-0.39, 0.29) is 65.9 Å². The fourth-order valence-electron chi connectivity index (χ4n) is 7.22. The third kappa shape index (κ3) is 6.18. The molecular weight excluding hydrogens is 668 g/mol. The maximum atomic E-state index is 14.0. The number of phenolic OH excluding ortho intramolecular Hbond substituents is 2. The molecule has 2 aromatic rings. The zero-order valence-corrected chi connectivity index (χ0v) is 28.0. The first kappa shape index (κ1) is 35.8. The monoisotopic (exact) mass is 706 g/mol. The van der Waals surface area contributed by atoms with Crippen LogP contribution in [0.15, 0.2) is 35.5 Å². The fraction of sp³-hybridized carbons (Fsp3) is 0.429. The minimum atomic E-state index is -1.21. The number of nitrogens with two attached hydrogens (primary N) is 1. The number of hydrazone groups is 1. The first-order valence-corrected chi connectivity index (χ1v) is 16.3. The van der Waals surface area contributed by atoms with Crippen LogP contribution in [-0.2, 0) is 30.3 Å². The molecule has 16 nitrogen and oxygen atoms in total. The second-order valence-electron chi connectivity index (χ2n) is 13.3. The van der Waals surface area contributed by atoms with Gasteiger partial charge < -0.3 is 40.4 Å². The number of methoxy groups -OCH3 is 1. The van der Waals surface area contributed by atoms with E-state index in [9.17, 15) is 44.4 Å². The van der Waals surface area contributed by atoms with Gasteiger partial charge in [0.1, 0.15) is 17.2 Å². The molecule has 0 aromatic heterocycles. The van der Waals surface area contributed by atoms with E-state index in [2.05, 4.69) is 10.5 Å². The molecule has 0 saturated carbocycles. The van der Waals surface area contributed by atoms with Crippen LogP contribution in [0, 0.1) is 5.41 Å². The predicted molar refractivity (Wildman–Crippen MR) is 176 cm³/mol. The number of hydrogen-bond donors (Lipinski definition) is 6. The van der Waals surface area contributed by atoms with Crippen molar-refractivity contribution in [2.45, 2.75) is 70.2 Å². The molecule has 5 unspecified atom stereocenters. The number of amides is 3. The zero-order chi connectivity index (χ0) is 36.9. The van der Waals surface area contributed by atoms with Crippen molar-refractivity contribution in [3.8, 4) is 17.2 Å². The highest BCUT2D eigenvalue weighted by molar-refractivity contribution is 6.31. The summed E-state index contributed by atoms with van der Waals surface area (Å²) in [5.74, 6) is -4.30. The Labute approximate surface area is 291 Å². The Morgan fingerprint density at radius 3 is 2.43 bits per heavy atom. The van der Waals surface area contributed by atoms with Crippen LogP contribution in [0.4, 0.5) is 0 Å². The number of nitrogens with one attached hydrogen (secondary N) is 1. The van der Waals surface area contributed by atoms with Crippen LogP contribution in [0.5, 0.6) is 17.2 Å². The van der Waals surface area contributed by atoms with Crippen LogP contribution in [0.1, 0.15) is 82.2 Å². The van der Waals surface area contributed by atoms with Crippen molar-refractivity contribution in [2.75, 3.05) is 20.3 Å². The van der Waals surface area contributed by atoms with E-state index in [4.69, 9.17) is 19.9 Å². The van der Waals surface area contributed by atoms with E-state index in [0.29, 0.717) is 0 Å². The van der Waals surface area contributed by atoms with E-state index < -0.39 is 94.6 Å². The Hall–Kier alpha value is -5.00. The molecule has 270 valence electrons. The summed E-state index contributed by atoms with van der Waals surface area (Å²) < 4.78 is 17.6. The van der Waals surface area contributed by atoms with Crippen LogP contribution in [0.3, 0.4) is 0 Å². The summed E-state index contributed by atoms with van der Waals surface area (Å²) >= 11 is 0. The lowest BCUT2D eigenvalue weighted by Crippen LogP contribution is -2.52. The molecule has 2 aliphatic heterocycles. The highest BCUT2D eigenvalue weighted by atomic mass is 16.7. The van der Waals surface area contributed by atoms with Gasteiger partial charge in [0.25, 0.3) is 11.8 Å². The average molecular weight is 707 g/mol. The first-order valence-electron chi connectivity index (χ1n) is 16.3. The number of hydrogen-bond acceptors (Lipinski definition) is 14. The molecule has 2 aromatic carbocycles. The molecule has 6 atom stereocenters. The van der Waals surface area contributed by atoms with Gasteiger partial charge in [0.2, 0.25) is 11.7 Å². The normalized spacial score (nSPS) is 27.3. The number of ether oxygens (including phenoxy) is 3. The summed E-state index contributed by atoms with van der Waals surface area (Å²) in [6.45, 7) is 2.41. The van der Waals surface area contributed by atoms with Crippen LogP contribution in [0.2, 0.25) is 0 Å². The van der Waals surface area contributed by atoms with Gasteiger partial charge in [-0.3, -0.25) is 28.9 Å². The van der Waals surface area contributed by atoms with E-state index >= 15 is 0 Å². The summed E-state index contributed by atoms with van der Waals surface area (Å²) in [5, 5.41) is 48.7. The number of fused-ring (bicyclic) bond motifs is 3. The quantitative estimate of drug-likeness (QED) is 0.0769. The number of aliphatic hydroxyl groups excluding tert-OH is 2. The number of aromatic hydroxyl groups is 2. The molecule has 16 heteroatoms. The first-order chi connectivity index (χ1) is 24.2. The average Bonchev–Trinajstić information content (AvgIpc) is 3.42. The van der Waals surface area contributed by atoms with Gasteiger partial charge in [0, 0.05) is 59.7 Å². The number of benzene rings is 2. The Balaban J connectivity index is 1.39. The number of nitrogens with zero attached hydrogens (tertiary/aromatic N) is 2. The smallest absolute Gasteiger partial charge is 0.253 e. The second-order valence-corrected chi connectivity index (χ2v) is 13.3. The molecule has 4 aliphatic rings. The van der Waals surface area contributed by atoms with E-state index in [0.717, 1.165) is 17.1 Å². The number of imide groups is 1. The standard InChI is InChI=1S/C35H38N4O12/c1-15-30(44)18(36)11-25(50-15)51-20-13-35(2,21(14-40)37-38-22(41)9-10-39-23(42)7-8-24(39)43)12-17-27(20)34(48)29-28(32(17)46)31(45)16-5-4-6-19(49-3)26(16)33(29)47/h4-8,15,18,20,25,30,40,44,46,48H,9-14,36H2,1-3H3,(H,38,41)/b37-21+/t15?,18?,20?,25?,30?,35-/m1/s1. The van der Waals surface area contributed by atoms with E-state index in [1.54, 1.807) is 13.8 Å². The summed E-state index contributed by atoms with van der Waals surface area (Å²) in [7, 11) is 1.33. The highest BCUT2D eigenvalue weighted by Gasteiger charge is 2.48. The summed E-state index contributed by atoms with van der Waals surface area (Å²) in [5.41, 5.74) is 6.42. The molecule has 1 fully saturated rings. The summed E-state index contributed by atoms with van der Waals surface area (Å²) in [4.78, 5) is 65.2. The van der Waals surface area contributed by atoms with Crippen LogP contribution < -0.4 is 15.9 Å². The number of aliphatic hydroxyl groups is 2. The van der Waals surface area contributed by atoms with Gasteiger partial charge in [-0.1, -0.05) is 19.1 Å². The highest BCUT2D eigenvalue weighted by Crippen LogP contribution is 2.54. The topological polar surface area (TPSA) is 248 Å². The minimum Gasteiger partial charge on any atom is -0.507 e. The van der Waals surface area contributed by atoms with Crippen molar-refractivity contribution in [2.24, 2.45) is 16.3 Å². The Morgan fingerprint density at radius 2 is 1.78 bits per heavy atom. The Bertz CT molecular complexity index is 1880. The third-order valence-corrected chi connectivity index (χ3v) is 9.98. The SMILES string of the molecule is COc1cccc2c1C(=O)c1c(O)c3c(c(O)c1C2=O)C[C@@](C)(/C(CO)=N/NC(=O)CCN1C(=O)C=CC1=O)CC3OC1CC(N)C(O)C(C)O1. The Morgan fingerprint density at radius 1 is 1.10 bits per heavy atom. The van der Waals surface area contributed by atoms with Gasteiger partial charge in [-0.2, -0.15) is 5.10 Å². The van der Waals surface area contributed by atoms with Gasteiger partial charge in [-0.25, -0.2) is 5.43 Å². The van der Waals surface area contributed by atoms with E-state index in [1.165, 1.54) is 25.3 Å². The fourth-order valence-corrected chi connectivity index (χ4v) is 7.22. The lowest BCUT2D eigenvalue weighted by Gasteiger charge is -2.43. The molecule has 0 bridgehead atoms. The van der Waals surface area contributed by atoms with Crippen LogP contribution in [-0.4, -0.2) is 105 Å². The maximum Gasteiger partial charge on any atom is 0.253 e. The largest absolute Gasteiger partial charge is 0.507 e. The van der Waals surface area contributed by atoms with Gasteiger partial charge in [-0.15, -0.1) is 0 Å². The van der Waals surface area contributed by atoms with Crippen molar-refractivity contribution < 1.29 is 58.6 Å². The molecular formula is C35H38N4O12. The predicted octanol–water partition coefficient (Wildman–Crippen LogP) is 0.495. The number of ketones is 2. The minimum absolute atomic E-state index is 0.00838. The van der Waals surface area contributed by atoms with Gasteiger partial charge >= 0.3 is 0 Å². The van der Waals surface area contributed by atoms with Crippen LogP contribution >= 0.6 is 0 Å². The molecule has 3 amide bonds. The number of rotatable bonds is 9. The summed E-state index contributed by atoms with van der Waals surface area (Å²) in [6, 6.07) is 3.70. The zero-order valence-electron chi connectivity index (χ0n) is 28.0. The van der Waals surface area contributed by atoms with Crippen molar-refractivity contribution in [1.29, 1.82) is 0 Å². The Kier molecular flexibility index (Phi) is 9.56. The van der Waals surface area contributed by atoms with Crippen molar-refractivity contribution in [1.82, 2.24) is 10.3 Å². The van der Waals surface area contributed by atoms with Gasteiger partial charge in [-0.05, 0) is 25.8 Å². The van der Waals surface area contributed by atoms with Gasteiger partial charge in [0.05, 0.1) is 54.4 Å². The molecule has 7 N–H and O–H groups in total. The number of carbonyl (C=O) groups is 5. The van der Waals surface area contributed by atoms with Crippen molar-refractivity contribution in [3.05, 3.63) is 63.7 Å². The lowest BCUT2D eigenvalue weighted by molar-refractivity contribution is -0.244. The molecule has 0 spiro atoms. The third-order valence-electron chi connectivity index (χ3n) is 9.98. The number of phenols is 2. The molecule has 0 radical (unpaired) electrons.